The summed E-state index contributed by atoms with van der Waals surface area (Å²) in [5.41, 5.74) is 1.09. The van der Waals surface area contributed by atoms with Crippen molar-refractivity contribution in [3.63, 3.8) is 0 Å². The first-order valence-corrected chi connectivity index (χ1v) is 4.13. The second-order valence-electron chi connectivity index (χ2n) is 3.04. The van der Waals surface area contributed by atoms with Crippen LogP contribution in [0.25, 0.3) is 10.9 Å². The molecule has 0 aromatic carbocycles. The molecule has 3 nitrogen and oxygen atoms in total. The summed E-state index contributed by atoms with van der Waals surface area (Å²) in [5, 5.41) is 4.55. The topological polar surface area (TPSA) is 29.9 Å². The molecule has 3 heteroatoms. The van der Waals surface area contributed by atoms with E-state index in [9.17, 15) is 0 Å². The van der Waals surface area contributed by atoms with Gasteiger partial charge in [-0.2, -0.15) is 0 Å². The number of nitrogens with zero attached hydrogens (tertiary/aromatic N) is 2. The van der Waals surface area contributed by atoms with Crippen molar-refractivity contribution in [1.29, 1.82) is 0 Å². The summed E-state index contributed by atoms with van der Waals surface area (Å²) in [5.74, 6) is 1.17. The van der Waals surface area contributed by atoms with E-state index in [0.717, 1.165) is 18.6 Å². The first kappa shape index (κ1) is 6.06. The van der Waals surface area contributed by atoms with Crippen molar-refractivity contribution in [2.24, 2.45) is 0 Å². The fourth-order valence-electron chi connectivity index (χ4n) is 1.74. The molecule has 60 valence electrons. The average molecular weight is 159 g/mol. The zero-order valence-corrected chi connectivity index (χ0v) is 6.62. The highest BCUT2D eigenvalue weighted by Crippen LogP contribution is 2.26. The molecule has 0 aliphatic carbocycles. The Labute approximate surface area is 70.0 Å². The smallest absolute Gasteiger partial charge is 0.133 e. The fourth-order valence-corrected chi connectivity index (χ4v) is 1.74. The monoisotopic (exact) mass is 159 g/mol. The van der Waals surface area contributed by atoms with Crippen LogP contribution in [0.4, 0.5) is 5.82 Å². The first-order chi connectivity index (χ1) is 5.95. The van der Waals surface area contributed by atoms with Gasteiger partial charge < -0.3 is 9.88 Å². The molecule has 0 fully saturated rings. The molecule has 0 bridgehead atoms. The van der Waals surface area contributed by atoms with E-state index in [4.69, 9.17) is 0 Å². The Morgan fingerprint density at radius 2 is 2.50 bits per heavy atom. The van der Waals surface area contributed by atoms with Gasteiger partial charge in [-0.25, -0.2) is 0 Å². The van der Waals surface area contributed by atoms with Crippen LogP contribution in [0.2, 0.25) is 0 Å². The quantitative estimate of drug-likeness (QED) is 0.630. The van der Waals surface area contributed by atoms with Crippen molar-refractivity contribution in [1.82, 2.24) is 9.55 Å². The SMILES string of the molecule is c1cnc2c3n(cc2c1)CCN3. The number of pyridine rings is 1. The standard InChI is InChI=1S/C9H9N3/c1-2-7-6-12-5-4-11-9(12)8(7)10-3-1/h1-3,6,11H,4-5H2. The number of hydrogen-bond donors (Lipinski definition) is 1. The van der Waals surface area contributed by atoms with E-state index in [-0.39, 0.29) is 0 Å². The van der Waals surface area contributed by atoms with Crippen molar-refractivity contribution in [2.45, 2.75) is 6.54 Å². The lowest BCUT2D eigenvalue weighted by Crippen LogP contribution is -1.93. The minimum absolute atomic E-state index is 1.03. The molecule has 2 aromatic heterocycles. The second-order valence-corrected chi connectivity index (χ2v) is 3.04. The number of anilines is 1. The Kier molecular flexibility index (Phi) is 1.01. The number of fused-ring (bicyclic) bond motifs is 3. The van der Waals surface area contributed by atoms with Crippen LogP contribution in [0, 0.1) is 0 Å². The summed E-state index contributed by atoms with van der Waals surface area (Å²) in [7, 11) is 0. The van der Waals surface area contributed by atoms with Gasteiger partial charge in [0.1, 0.15) is 11.3 Å². The van der Waals surface area contributed by atoms with Gasteiger partial charge >= 0.3 is 0 Å². The van der Waals surface area contributed by atoms with Gasteiger partial charge in [-0.3, -0.25) is 4.98 Å². The highest BCUT2D eigenvalue weighted by Gasteiger charge is 2.13. The van der Waals surface area contributed by atoms with Crippen LogP contribution in [0.5, 0.6) is 0 Å². The summed E-state index contributed by atoms with van der Waals surface area (Å²) in [6, 6.07) is 4.06. The molecule has 12 heavy (non-hydrogen) atoms. The van der Waals surface area contributed by atoms with Gasteiger partial charge in [0.15, 0.2) is 0 Å². The van der Waals surface area contributed by atoms with Gasteiger partial charge in [0, 0.05) is 30.9 Å². The molecule has 0 spiro atoms. The zero-order chi connectivity index (χ0) is 7.97. The molecule has 3 heterocycles. The number of aromatic nitrogens is 2. The van der Waals surface area contributed by atoms with Crippen LogP contribution in [0.1, 0.15) is 0 Å². The van der Waals surface area contributed by atoms with E-state index in [1.807, 2.05) is 12.3 Å². The molecule has 0 radical (unpaired) electrons. The number of rotatable bonds is 0. The van der Waals surface area contributed by atoms with Crippen molar-refractivity contribution < 1.29 is 0 Å². The third-order valence-corrected chi connectivity index (χ3v) is 2.29. The van der Waals surface area contributed by atoms with Gasteiger partial charge in [0.05, 0.1) is 0 Å². The maximum absolute atomic E-state index is 4.33. The maximum Gasteiger partial charge on any atom is 0.133 e. The van der Waals surface area contributed by atoms with E-state index in [2.05, 4.69) is 27.1 Å². The molecule has 0 saturated heterocycles. The predicted octanol–water partition coefficient (Wildman–Crippen LogP) is 1.46. The van der Waals surface area contributed by atoms with Crippen LogP contribution in [0.3, 0.4) is 0 Å². The van der Waals surface area contributed by atoms with Gasteiger partial charge in [0.25, 0.3) is 0 Å². The third-order valence-electron chi connectivity index (χ3n) is 2.29. The van der Waals surface area contributed by atoms with Gasteiger partial charge in [-0.1, -0.05) is 0 Å². The summed E-state index contributed by atoms with van der Waals surface area (Å²) in [6.07, 6.45) is 3.99. The molecule has 3 rings (SSSR count). The fraction of sp³-hybridized carbons (Fsp3) is 0.222. The van der Waals surface area contributed by atoms with Crippen molar-refractivity contribution in [3.8, 4) is 0 Å². The Bertz CT molecular complexity index is 430. The Morgan fingerprint density at radius 3 is 3.50 bits per heavy atom. The van der Waals surface area contributed by atoms with E-state index < -0.39 is 0 Å². The lowest BCUT2D eigenvalue weighted by atomic mass is 10.3. The largest absolute Gasteiger partial charge is 0.368 e. The lowest BCUT2D eigenvalue weighted by molar-refractivity contribution is 0.814. The van der Waals surface area contributed by atoms with E-state index in [1.165, 1.54) is 11.2 Å². The molecule has 0 atom stereocenters. The molecule has 0 unspecified atom stereocenters. The van der Waals surface area contributed by atoms with Gasteiger partial charge in [-0.15, -0.1) is 0 Å². The zero-order valence-electron chi connectivity index (χ0n) is 6.62. The predicted molar refractivity (Wildman–Crippen MR) is 48.2 cm³/mol. The Balaban J connectivity index is 2.44. The number of hydrogen-bond acceptors (Lipinski definition) is 2. The van der Waals surface area contributed by atoms with Crippen molar-refractivity contribution >= 4 is 16.7 Å². The van der Waals surface area contributed by atoms with Crippen LogP contribution < -0.4 is 5.32 Å². The Morgan fingerprint density at radius 1 is 1.50 bits per heavy atom. The van der Waals surface area contributed by atoms with E-state index in [1.54, 1.807) is 0 Å². The molecule has 2 aromatic rings. The molecule has 0 saturated carbocycles. The second kappa shape index (κ2) is 2.00. The van der Waals surface area contributed by atoms with Crippen LogP contribution >= 0.6 is 0 Å². The molecule has 1 N–H and O–H groups in total. The van der Waals surface area contributed by atoms with Crippen LogP contribution in [-0.2, 0) is 6.54 Å². The Hall–Kier alpha value is -1.51. The summed E-state index contributed by atoms with van der Waals surface area (Å²) >= 11 is 0. The van der Waals surface area contributed by atoms with Crippen LogP contribution in [0.15, 0.2) is 24.5 Å². The molecule has 1 aliphatic heterocycles. The average Bonchev–Trinajstić information content (AvgIpc) is 2.62. The summed E-state index contributed by atoms with van der Waals surface area (Å²) in [6.45, 7) is 2.09. The van der Waals surface area contributed by atoms with Gasteiger partial charge in [0.2, 0.25) is 0 Å². The minimum atomic E-state index is 1.03. The van der Waals surface area contributed by atoms with Crippen molar-refractivity contribution in [3.05, 3.63) is 24.5 Å². The number of nitrogens with one attached hydrogen (secondary N) is 1. The highest BCUT2D eigenvalue weighted by molar-refractivity contribution is 5.90. The van der Waals surface area contributed by atoms with E-state index >= 15 is 0 Å². The van der Waals surface area contributed by atoms with Crippen molar-refractivity contribution in [2.75, 3.05) is 11.9 Å². The summed E-state index contributed by atoms with van der Waals surface area (Å²) < 4.78 is 2.22. The first-order valence-electron chi connectivity index (χ1n) is 4.13. The van der Waals surface area contributed by atoms with Gasteiger partial charge in [-0.05, 0) is 12.1 Å². The summed E-state index contributed by atoms with van der Waals surface area (Å²) in [4.78, 5) is 4.33. The molecule has 0 amide bonds. The third kappa shape index (κ3) is 0.630. The molecular formula is C9H9N3. The normalized spacial score (nSPS) is 14.7. The molecule has 1 aliphatic rings. The highest BCUT2D eigenvalue weighted by atomic mass is 15.2. The van der Waals surface area contributed by atoms with Crippen LogP contribution in [-0.4, -0.2) is 16.1 Å². The van der Waals surface area contributed by atoms with E-state index in [0.29, 0.717) is 0 Å². The molecular weight excluding hydrogens is 150 g/mol. The minimum Gasteiger partial charge on any atom is -0.368 e. The lowest BCUT2D eigenvalue weighted by Gasteiger charge is -1.93. The maximum atomic E-state index is 4.33.